The number of benzene rings is 1. The standard InChI is InChI=1S/C26H37ClN4O4/c1-6-26(4)14-22(32)31(24(28)30-26)20(9-10-34-5)16-12-17(16)23(33)29-19-13-25(2,3)35-21-8-7-15(27)11-18(19)21/h7-8,11,16-17,19-20H,6,9-10,12-14H2,1-5H3,(H2,28,30)(H,29,33)/t16-,17-,19+,20-,26-/m1/s1. The maximum Gasteiger partial charge on any atom is 0.231 e. The number of methoxy groups -OCH3 is 1. The average molecular weight is 505 g/mol. The minimum Gasteiger partial charge on any atom is -0.487 e. The maximum absolute atomic E-state index is 13.4. The van der Waals surface area contributed by atoms with Gasteiger partial charge in [0.1, 0.15) is 11.4 Å². The molecular formula is C26H37ClN4O4. The third-order valence-corrected chi connectivity index (χ3v) is 7.85. The van der Waals surface area contributed by atoms with Crippen LogP contribution in [0.15, 0.2) is 18.2 Å². The molecule has 192 valence electrons. The summed E-state index contributed by atoms with van der Waals surface area (Å²) in [4.78, 5) is 28.1. The van der Waals surface area contributed by atoms with Crippen molar-refractivity contribution in [2.24, 2.45) is 11.8 Å². The second-order valence-corrected chi connectivity index (χ2v) is 11.4. The van der Waals surface area contributed by atoms with Gasteiger partial charge in [0.15, 0.2) is 5.96 Å². The van der Waals surface area contributed by atoms with Crippen molar-refractivity contribution in [1.82, 2.24) is 15.5 Å². The van der Waals surface area contributed by atoms with Gasteiger partial charge >= 0.3 is 0 Å². The summed E-state index contributed by atoms with van der Waals surface area (Å²) in [5.74, 6) is 0.513. The van der Waals surface area contributed by atoms with Crippen molar-refractivity contribution in [2.45, 2.75) is 83.0 Å². The van der Waals surface area contributed by atoms with Crippen LogP contribution in [0.3, 0.4) is 0 Å². The highest BCUT2D eigenvalue weighted by Gasteiger charge is 2.53. The number of amides is 2. The van der Waals surface area contributed by atoms with Crippen LogP contribution in [-0.2, 0) is 14.3 Å². The molecule has 0 aromatic heterocycles. The zero-order valence-corrected chi connectivity index (χ0v) is 22.0. The molecule has 35 heavy (non-hydrogen) atoms. The third-order valence-electron chi connectivity index (χ3n) is 7.62. The number of carbonyl (C=O) groups is 2. The second-order valence-electron chi connectivity index (χ2n) is 11.0. The molecule has 2 heterocycles. The topological polar surface area (TPSA) is 104 Å². The van der Waals surface area contributed by atoms with Gasteiger partial charge in [-0.15, -0.1) is 0 Å². The number of nitrogens with zero attached hydrogens (tertiary/aromatic N) is 1. The van der Waals surface area contributed by atoms with E-state index >= 15 is 0 Å². The van der Waals surface area contributed by atoms with E-state index in [4.69, 9.17) is 26.5 Å². The zero-order chi connectivity index (χ0) is 25.5. The van der Waals surface area contributed by atoms with Crippen molar-refractivity contribution in [3.8, 4) is 5.75 Å². The van der Waals surface area contributed by atoms with Crippen molar-refractivity contribution >= 4 is 29.4 Å². The molecule has 0 unspecified atom stereocenters. The molecule has 5 atom stereocenters. The van der Waals surface area contributed by atoms with E-state index in [-0.39, 0.29) is 41.7 Å². The molecule has 3 N–H and O–H groups in total. The summed E-state index contributed by atoms with van der Waals surface area (Å²) in [6, 6.07) is 5.03. The van der Waals surface area contributed by atoms with Crippen molar-refractivity contribution in [2.75, 3.05) is 13.7 Å². The molecule has 1 saturated heterocycles. The van der Waals surface area contributed by atoms with Crippen LogP contribution in [-0.4, -0.2) is 53.6 Å². The monoisotopic (exact) mass is 504 g/mol. The van der Waals surface area contributed by atoms with Gasteiger partial charge in [0.2, 0.25) is 11.8 Å². The third kappa shape index (κ3) is 5.43. The Morgan fingerprint density at radius 3 is 2.80 bits per heavy atom. The molecule has 0 radical (unpaired) electrons. The van der Waals surface area contributed by atoms with Crippen LogP contribution >= 0.6 is 11.6 Å². The highest BCUT2D eigenvalue weighted by Crippen LogP contribution is 2.47. The molecule has 1 aromatic rings. The first kappa shape index (κ1) is 25.8. The van der Waals surface area contributed by atoms with Crippen LogP contribution in [0, 0.1) is 17.2 Å². The van der Waals surface area contributed by atoms with Gasteiger partial charge in [-0.3, -0.25) is 19.9 Å². The fourth-order valence-corrected chi connectivity index (χ4v) is 5.63. The number of hydrogen-bond donors (Lipinski definition) is 3. The summed E-state index contributed by atoms with van der Waals surface area (Å²) in [6.07, 6.45) is 2.96. The molecule has 0 spiro atoms. The Morgan fingerprint density at radius 2 is 2.14 bits per heavy atom. The van der Waals surface area contributed by atoms with Crippen LogP contribution in [0.1, 0.15) is 71.4 Å². The van der Waals surface area contributed by atoms with Gasteiger partial charge in [-0.25, -0.2) is 0 Å². The van der Waals surface area contributed by atoms with E-state index in [1.807, 2.05) is 39.8 Å². The highest BCUT2D eigenvalue weighted by atomic mass is 35.5. The highest BCUT2D eigenvalue weighted by molar-refractivity contribution is 6.30. The van der Waals surface area contributed by atoms with E-state index in [1.54, 1.807) is 18.1 Å². The normalized spacial score (nSPS) is 30.1. The number of fused-ring (bicyclic) bond motifs is 1. The lowest BCUT2D eigenvalue weighted by molar-refractivity contribution is -0.133. The molecule has 1 aliphatic carbocycles. The van der Waals surface area contributed by atoms with Crippen LogP contribution in [0.25, 0.3) is 0 Å². The molecule has 1 aromatic carbocycles. The second kappa shape index (κ2) is 9.62. The van der Waals surface area contributed by atoms with E-state index < -0.39 is 11.1 Å². The Morgan fingerprint density at radius 1 is 1.40 bits per heavy atom. The van der Waals surface area contributed by atoms with E-state index in [0.29, 0.717) is 37.3 Å². The molecule has 1 saturated carbocycles. The Bertz CT molecular complexity index is 995. The summed E-state index contributed by atoms with van der Waals surface area (Å²) < 4.78 is 11.4. The largest absolute Gasteiger partial charge is 0.487 e. The molecule has 2 aliphatic heterocycles. The molecule has 2 amide bonds. The van der Waals surface area contributed by atoms with Crippen molar-refractivity contribution in [1.29, 1.82) is 5.41 Å². The molecule has 8 nitrogen and oxygen atoms in total. The van der Waals surface area contributed by atoms with Gasteiger partial charge in [0, 0.05) is 48.2 Å². The molecule has 2 fully saturated rings. The van der Waals surface area contributed by atoms with E-state index in [2.05, 4.69) is 10.6 Å². The first-order valence-corrected chi connectivity index (χ1v) is 12.8. The number of rotatable bonds is 8. The first-order valence-electron chi connectivity index (χ1n) is 12.4. The summed E-state index contributed by atoms with van der Waals surface area (Å²) in [5.41, 5.74) is 0.0473. The Labute approximate surface area is 212 Å². The van der Waals surface area contributed by atoms with Gasteiger partial charge < -0.3 is 20.1 Å². The molecule has 4 rings (SSSR count). The van der Waals surface area contributed by atoms with E-state index in [1.165, 1.54) is 0 Å². The number of nitrogens with one attached hydrogen (secondary N) is 3. The fourth-order valence-electron chi connectivity index (χ4n) is 5.45. The molecule has 3 aliphatic rings. The van der Waals surface area contributed by atoms with E-state index in [0.717, 1.165) is 17.7 Å². The van der Waals surface area contributed by atoms with Gasteiger partial charge in [-0.2, -0.15) is 0 Å². The minimum absolute atomic E-state index is 0.0195. The summed E-state index contributed by atoms with van der Waals surface area (Å²) in [6.45, 7) is 8.45. The molecular weight excluding hydrogens is 468 g/mol. The zero-order valence-electron chi connectivity index (χ0n) is 21.2. The van der Waals surface area contributed by atoms with Crippen LogP contribution < -0.4 is 15.4 Å². The lowest BCUT2D eigenvalue weighted by Crippen LogP contribution is -2.63. The van der Waals surface area contributed by atoms with Crippen LogP contribution in [0.5, 0.6) is 5.75 Å². The summed E-state index contributed by atoms with van der Waals surface area (Å²) in [5, 5.41) is 15.6. The van der Waals surface area contributed by atoms with Gasteiger partial charge in [0.05, 0.1) is 12.5 Å². The lowest BCUT2D eigenvalue weighted by atomic mass is 9.89. The van der Waals surface area contributed by atoms with Gasteiger partial charge in [-0.05, 0) is 64.2 Å². The SMILES string of the molecule is CC[C@]1(C)CC(=O)N([C@H](CCOC)[C@@H]2C[C@H]2C(=O)N[C@H]2CC(C)(C)Oc3ccc(Cl)cc32)C(=N)N1. The summed E-state index contributed by atoms with van der Waals surface area (Å²) in [7, 11) is 1.62. The van der Waals surface area contributed by atoms with Crippen molar-refractivity contribution in [3.63, 3.8) is 0 Å². The number of hydrogen-bond acceptors (Lipinski definition) is 5. The predicted octanol–water partition coefficient (Wildman–Crippen LogP) is 4.02. The van der Waals surface area contributed by atoms with Gasteiger partial charge in [0.25, 0.3) is 0 Å². The number of carbonyl (C=O) groups excluding carboxylic acids is 2. The minimum atomic E-state index is -0.421. The molecule has 9 heteroatoms. The Hall–Kier alpha value is -2.32. The van der Waals surface area contributed by atoms with Crippen molar-refractivity contribution < 1.29 is 19.1 Å². The quantitative estimate of drug-likeness (QED) is 0.496. The van der Waals surface area contributed by atoms with E-state index in [9.17, 15) is 9.59 Å². The maximum atomic E-state index is 13.4. The fraction of sp³-hybridized carbons (Fsp3) is 0.654. The van der Waals surface area contributed by atoms with Crippen molar-refractivity contribution in [3.05, 3.63) is 28.8 Å². The first-order chi connectivity index (χ1) is 16.5. The lowest BCUT2D eigenvalue weighted by Gasteiger charge is -2.43. The number of ether oxygens (including phenoxy) is 2. The predicted molar refractivity (Wildman–Crippen MR) is 135 cm³/mol. The average Bonchev–Trinajstić information content (AvgIpc) is 3.56. The summed E-state index contributed by atoms with van der Waals surface area (Å²) >= 11 is 6.24. The number of halogens is 1. The Balaban J connectivity index is 1.49. The van der Waals surface area contributed by atoms with Crippen LogP contribution in [0.4, 0.5) is 0 Å². The molecule has 0 bridgehead atoms. The van der Waals surface area contributed by atoms with Gasteiger partial charge in [-0.1, -0.05) is 18.5 Å². The Kier molecular flexibility index (Phi) is 7.08. The van der Waals surface area contributed by atoms with Crippen LogP contribution in [0.2, 0.25) is 5.02 Å². The number of guanidine groups is 1. The smallest absolute Gasteiger partial charge is 0.231 e.